The highest BCUT2D eigenvalue weighted by Crippen LogP contribution is 2.10. The van der Waals surface area contributed by atoms with Gasteiger partial charge in [-0.1, -0.05) is 6.58 Å². The average Bonchev–Trinajstić information content (AvgIpc) is 1.88. The van der Waals surface area contributed by atoms with E-state index in [0.29, 0.717) is 6.61 Å². The monoisotopic (exact) mass is 144 g/mol. The van der Waals surface area contributed by atoms with Crippen molar-refractivity contribution >= 4 is 5.97 Å². The fraction of sp³-hybridized carbons (Fsp3) is 0.571. The van der Waals surface area contributed by atoms with Gasteiger partial charge in [-0.3, -0.25) is 0 Å². The van der Waals surface area contributed by atoms with E-state index in [9.17, 15) is 4.79 Å². The summed E-state index contributed by atoms with van der Waals surface area (Å²) in [6, 6.07) is 0. The molecule has 0 saturated heterocycles. The standard InChI is InChI=1S/C7H12O3/c1-4-7(3,6(8)9)10-5-2/h4H,1,5H2,2-3H3,(H,8,9). The lowest BCUT2D eigenvalue weighted by atomic mass is 10.1. The molecule has 0 bridgehead atoms. The van der Waals surface area contributed by atoms with E-state index in [0.717, 1.165) is 0 Å². The molecular formula is C7H12O3. The molecule has 0 aliphatic rings. The van der Waals surface area contributed by atoms with E-state index in [-0.39, 0.29) is 0 Å². The Morgan fingerprint density at radius 3 is 2.50 bits per heavy atom. The summed E-state index contributed by atoms with van der Waals surface area (Å²) in [5.41, 5.74) is -1.23. The van der Waals surface area contributed by atoms with Crippen molar-refractivity contribution in [3.05, 3.63) is 12.7 Å². The van der Waals surface area contributed by atoms with Crippen molar-refractivity contribution in [2.45, 2.75) is 19.4 Å². The van der Waals surface area contributed by atoms with Gasteiger partial charge in [-0.25, -0.2) is 4.79 Å². The van der Waals surface area contributed by atoms with E-state index in [2.05, 4.69) is 6.58 Å². The molecule has 0 rings (SSSR count). The van der Waals surface area contributed by atoms with Gasteiger partial charge in [0.1, 0.15) is 0 Å². The Morgan fingerprint density at radius 2 is 2.40 bits per heavy atom. The third-order valence-corrected chi connectivity index (χ3v) is 1.26. The molecule has 0 saturated carbocycles. The van der Waals surface area contributed by atoms with Crippen LogP contribution in [0.1, 0.15) is 13.8 Å². The molecule has 0 amide bonds. The second-order valence-electron chi connectivity index (χ2n) is 2.05. The van der Waals surface area contributed by atoms with Crippen LogP contribution < -0.4 is 0 Å². The number of carboxylic acids is 1. The lowest BCUT2D eigenvalue weighted by molar-refractivity contribution is -0.156. The molecule has 1 atom stereocenters. The fourth-order valence-electron chi connectivity index (χ4n) is 0.508. The molecular weight excluding hydrogens is 132 g/mol. The highest BCUT2D eigenvalue weighted by Gasteiger charge is 2.29. The summed E-state index contributed by atoms with van der Waals surface area (Å²) in [6.45, 7) is 6.94. The summed E-state index contributed by atoms with van der Waals surface area (Å²) in [4.78, 5) is 10.4. The maximum Gasteiger partial charge on any atom is 0.339 e. The average molecular weight is 144 g/mol. The number of rotatable bonds is 4. The number of carbonyl (C=O) groups is 1. The van der Waals surface area contributed by atoms with Crippen molar-refractivity contribution in [1.29, 1.82) is 0 Å². The Morgan fingerprint density at radius 1 is 1.90 bits per heavy atom. The summed E-state index contributed by atoms with van der Waals surface area (Å²) in [6.07, 6.45) is 1.28. The smallest absolute Gasteiger partial charge is 0.339 e. The van der Waals surface area contributed by atoms with Gasteiger partial charge in [0, 0.05) is 6.61 Å². The van der Waals surface area contributed by atoms with Crippen LogP contribution in [0.2, 0.25) is 0 Å². The molecule has 1 unspecified atom stereocenters. The molecule has 0 spiro atoms. The molecule has 0 aromatic rings. The first-order valence-electron chi connectivity index (χ1n) is 3.07. The molecule has 10 heavy (non-hydrogen) atoms. The van der Waals surface area contributed by atoms with Crippen LogP contribution in [0, 0.1) is 0 Å². The number of hydrogen-bond donors (Lipinski definition) is 1. The summed E-state index contributed by atoms with van der Waals surface area (Å²) in [5, 5.41) is 8.57. The maximum atomic E-state index is 10.4. The highest BCUT2D eigenvalue weighted by molar-refractivity contribution is 5.79. The Balaban J connectivity index is 4.22. The van der Waals surface area contributed by atoms with Crippen LogP contribution in [-0.4, -0.2) is 23.3 Å². The third kappa shape index (κ3) is 1.84. The summed E-state index contributed by atoms with van der Waals surface area (Å²) < 4.78 is 4.92. The van der Waals surface area contributed by atoms with Gasteiger partial charge in [0.2, 0.25) is 0 Å². The predicted octanol–water partition coefficient (Wildman–Crippen LogP) is 1.05. The maximum absolute atomic E-state index is 10.4. The number of aliphatic carboxylic acids is 1. The van der Waals surface area contributed by atoms with Crippen molar-refractivity contribution in [3.63, 3.8) is 0 Å². The Hall–Kier alpha value is -0.830. The fourth-order valence-corrected chi connectivity index (χ4v) is 0.508. The Labute approximate surface area is 60.3 Å². The second kappa shape index (κ2) is 3.37. The summed E-state index contributed by atoms with van der Waals surface area (Å²) >= 11 is 0. The molecule has 0 heterocycles. The summed E-state index contributed by atoms with van der Waals surface area (Å²) in [5.74, 6) is -1.01. The van der Waals surface area contributed by atoms with E-state index >= 15 is 0 Å². The van der Waals surface area contributed by atoms with E-state index in [1.165, 1.54) is 13.0 Å². The molecule has 0 aromatic heterocycles. The number of ether oxygens (including phenoxy) is 1. The van der Waals surface area contributed by atoms with Gasteiger partial charge in [-0.2, -0.15) is 0 Å². The molecule has 0 aromatic carbocycles. The predicted molar refractivity (Wildman–Crippen MR) is 37.9 cm³/mol. The van der Waals surface area contributed by atoms with Crippen molar-refractivity contribution < 1.29 is 14.6 Å². The molecule has 0 radical (unpaired) electrons. The Bertz CT molecular complexity index is 142. The van der Waals surface area contributed by atoms with Crippen LogP contribution in [0.3, 0.4) is 0 Å². The topological polar surface area (TPSA) is 46.5 Å². The van der Waals surface area contributed by atoms with E-state index in [4.69, 9.17) is 9.84 Å². The molecule has 3 heteroatoms. The largest absolute Gasteiger partial charge is 0.479 e. The minimum atomic E-state index is -1.23. The van der Waals surface area contributed by atoms with Crippen molar-refractivity contribution in [2.75, 3.05) is 6.61 Å². The lowest BCUT2D eigenvalue weighted by Gasteiger charge is -2.19. The minimum absolute atomic E-state index is 0.370. The molecule has 0 fully saturated rings. The van der Waals surface area contributed by atoms with Crippen molar-refractivity contribution in [3.8, 4) is 0 Å². The van der Waals surface area contributed by atoms with Gasteiger partial charge in [-0.15, -0.1) is 0 Å². The van der Waals surface area contributed by atoms with Crippen molar-refractivity contribution in [1.82, 2.24) is 0 Å². The highest BCUT2D eigenvalue weighted by atomic mass is 16.5. The van der Waals surface area contributed by atoms with Crippen LogP contribution in [0.25, 0.3) is 0 Å². The second-order valence-corrected chi connectivity index (χ2v) is 2.05. The van der Waals surface area contributed by atoms with Gasteiger partial charge in [-0.05, 0) is 19.9 Å². The first-order valence-corrected chi connectivity index (χ1v) is 3.07. The van der Waals surface area contributed by atoms with E-state index in [1.54, 1.807) is 6.92 Å². The van der Waals surface area contributed by atoms with Crippen LogP contribution in [0.5, 0.6) is 0 Å². The Kier molecular flexibility index (Phi) is 3.09. The first-order chi connectivity index (χ1) is 4.56. The van der Waals surface area contributed by atoms with Gasteiger partial charge in [0.25, 0.3) is 0 Å². The lowest BCUT2D eigenvalue weighted by Crippen LogP contribution is -2.35. The zero-order valence-electron chi connectivity index (χ0n) is 6.26. The molecule has 0 aliphatic heterocycles. The molecule has 58 valence electrons. The van der Waals surface area contributed by atoms with Crippen LogP contribution in [0.4, 0.5) is 0 Å². The number of hydrogen-bond acceptors (Lipinski definition) is 2. The van der Waals surface area contributed by atoms with Crippen LogP contribution in [0.15, 0.2) is 12.7 Å². The molecule has 3 nitrogen and oxygen atoms in total. The normalized spacial score (nSPS) is 15.8. The third-order valence-electron chi connectivity index (χ3n) is 1.26. The van der Waals surface area contributed by atoms with Crippen LogP contribution in [-0.2, 0) is 9.53 Å². The van der Waals surface area contributed by atoms with Crippen molar-refractivity contribution in [2.24, 2.45) is 0 Å². The van der Waals surface area contributed by atoms with Gasteiger partial charge >= 0.3 is 5.97 Å². The molecule has 0 aliphatic carbocycles. The van der Waals surface area contributed by atoms with E-state index in [1.807, 2.05) is 0 Å². The zero-order chi connectivity index (χ0) is 8.20. The number of carboxylic acid groups (broad SMARTS) is 1. The SMILES string of the molecule is C=CC(C)(OCC)C(=O)O. The summed E-state index contributed by atoms with van der Waals surface area (Å²) in [7, 11) is 0. The molecule has 1 N–H and O–H groups in total. The van der Waals surface area contributed by atoms with Gasteiger partial charge < -0.3 is 9.84 Å². The van der Waals surface area contributed by atoms with Gasteiger partial charge in [0.15, 0.2) is 5.60 Å². The van der Waals surface area contributed by atoms with Gasteiger partial charge in [0.05, 0.1) is 0 Å². The van der Waals surface area contributed by atoms with E-state index < -0.39 is 11.6 Å². The minimum Gasteiger partial charge on any atom is -0.479 e. The first kappa shape index (κ1) is 9.17. The zero-order valence-corrected chi connectivity index (χ0v) is 6.26. The quantitative estimate of drug-likeness (QED) is 0.600. The van der Waals surface area contributed by atoms with Crippen LogP contribution >= 0.6 is 0 Å².